The Morgan fingerprint density at radius 1 is 1.22 bits per heavy atom. The number of alkyl halides is 1. The van der Waals surface area contributed by atoms with Crippen molar-refractivity contribution in [3.63, 3.8) is 0 Å². The number of benzene rings is 1. The molecule has 2 aliphatic rings. The molecule has 0 bridgehead atoms. The van der Waals surface area contributed by atoms with Crippen LogP contribution in [0.3, 0.4) is 0 Å². The normalized spacial score (nSPS) is 22.3. The molecular formula is C18H28ClFN2O. The molecule has 0 radical (unpaired) electrons. The maximum absolute atomic E-state index is 15.4. The number of hydrogen-bond acceptors (Lipinski definition) is 3. The summed E-state index contributed by atoms with van der Waals surface area (Å²) < 4.78 is 20.7. The molecule has 130 valence electrons. The number of rotatable bonds is 4. The Labute approximate surface area is 145 Å². The molecule has 3 nitrogen and oxygen atoms in total. The van der Waals surface area contributed by atoms with Crippen LogP contribution in [0.25, 0.3) is 0 Å². The van der Waals surface area contributed by atoms with Gasteiger partial charge in [0.05, 0.1) is 7.11 Å². The van der Waals surface area contributed by atoms with Crippen LogP contribution < -0.4 is 10.1 Å². The predicted octanol–water partition coefficient (Wildman–Crippen LogP) is 3.38. The van der Waals surface area contributed by atoms with Crippen LogP contribution in [-0.4, -0.2) is 44.7 Å². The molecule has 2 fully saturated rings. The number of likely N-dealkylation sites (tertiary alicyclic amines) is 1. The Balaban J connectivity index is 0.00000192. The second-order valence-electron chi connectivity index (χ2n) is 6.66. The lowest BCUT2D eigenvalue weighted by Gasteiger charge is -2.39. The fourth-order valence-electron chi connectivity index (χ4n) is 3.80. The van der Waals surface area contributed by atoms with Crippen LogP contribution in [0.4, 0.5) is 4.39 Å². The van der Waals surface area contributed by atoms with E-state index < -0.39 is 5.67 Å². The molecule has 0 spiro atoms. The number of hydrogen-bond donors (Lipinski definition) is 1. The van der Waals surface area contributed by atoms with Crippen LogP contribution in [0.5, 0.6) is 5.75 Å². The molecule has 2 aliphatic heterocycles. The van der Waals surface area contributed by atoms with Crippen molar-refractivity contribution < 1.29 is 9.13 Å². The van der Waals surface area contributed by atoms with Crippen molar-refractivity contribution in [2.45, 2.75) is 31.4 Å². The molecular weight excluding hydrogens is 315 g/mol. The number of nitrogens with one attached hydrogen (secondary N) is 1. The second kappa shape index (κ2) is 8.32. The number of halogens is 2. The van der Waals surface area contributed by atoms with Crippen molar-refractivity contribution in [3.05, 3.63) is 29.8 Å². The Kier molecular flexibility index (Phi) is 6.69. The van der Waals surface area contributed by atoms with Gasteiger partial charge >= 0.3 is 0 Å². The Hall–Kier alpha value is -0.840. The van der Waals surface area contributed by atoms with Crippen LogP contribution in [0, 0.1) is 5.92 Å². The zero-order valence-electron chi connectivity index (χ0n) is 13.9. The van der Waals surface area contributed by atoms with E-state index >= 15 is 4.39 Å². The topological polar surface area (TPSA) is 24.5 Å². The molecule has 5 heteroatoms. The summed E-state index contributed by atoms with van der Waals surface area (Å²) in [6, 6.07) is 7.54. The monoisotopic (exact) mass is 342 g/mol. The number of piperidine rings is 2. The van der Waals surface area contributed by atoms with Gasteiger partial charge in [0.1, 0.15) is 11.4 Å². The molecule has 0 unspecified atom stereocenters. The van der Waals surface area contributed by atoms with E-state index in [1.165, 1.54) is 12.8 Å². The molecule has 1 N–H and O–H groups in total. The summed E-state index contributed by atoms with van der Waals surface area (Å²) in [6.07, 6.45) is 3.64. The van der Waals surface area contributed by atoms with Crippen LogP contribution in [0.1, 0.15) is 31.2 Å². The zero-order valence-corrected chi connectivity index (χ0v) is 14.7. The first-order valence-electron chi connectivity index (χ1n) is 8.47. The van der Waals surface area contributed by atoms with Crippen LogP contribution in [-0.2, 0) is 5.67 Å². The maximum Gasteiger partial charge on any atom is 0.142 e. The smallest absolute Gasteiger partial charge is 0.142 e. The summed E-state index contributed by atoms with van der Waals surface area (Å²) in [5, 5.41) is 3.41. The Bertz CT molecular complexity index is 486. The van der Waals surface area contributed by atoms with E-state index in [1.807, 2.05) is 24.3 Å². The van der Waals surface area contributed by atoms with Crippen LogP contribution >= 0.6 is 12.4 Å². The SMILES string of the molecule is COc1ccccc1C1(F)CCN(CC2CCNCC2)CC1.Cl. The molecule has 1 aromatic rings. The van der Waals surface area contributed by atoms with Crippen LogP contribution in [0.2, 0.25) is 0 Å². The number of nitrogens with zero attached hydrogens (tertiary/aromatic N) is 1. The van der Waals surface area contributed by atoms with E-state index in [0.717, 1.165) is 44.2 Å². The van der Waals surface area contributed by atoms with Gasteiger partial charge in [-0.3, -0.25) is 0 Å². The van der Waals surface area contributed by atoms with Gasteiger partial charge in [-0.15, -0.1) is 12.4 Å². The predicted molar refractivity (Wildman–Crippen MR) is 94.3 cm³/mol. The van der Waals surface area contributed by atoms with Gasteiger partial charge in [-0.2, -0.15) is 0 Å². The maximum atomic E-state index is 15.4. The molecule has 0 amide bonds. The van der Waals surface area contributed by atoms with Crippen molar-refractivity contribution in [2.24, 2.45) is 5.92 Å². The molecule has 0 aromatic heterocycles. The van der Waals surface area contributed by atoms with Crippen molar-refractivity contribution in [3.8, 4) is 5.75 Å². The highest BCUT2D eigenvalue weighted by atomic mass is 35.5. The fraction of sp³-hybridized carbons (Fsp3) is 0.667. The van der Waals surface area contributed by atoms with Gasteiger partial charge < -0.3 is 15.0 Å². The van der Waals surface area contributed by atoms with Crippen LogP contribution in [0.15, 0.2) is 24.3 Å². The minimum absolute atomic E-state index is 0. The molecule has 0 atom stereocenters. The fourth-order valence-corrected chi connectivity index (χ4v) is 3.80. The molecule has 3 rings (SSSR count). The summed E-state index contributed by atoms with van der Waals surface area (Å²) in [4.78, 5) is 2.45. The number of para-hydroxylation sites is 1. The third-order valence-electron chi connectivity index (χ3n) is 5.21. The van der Waals surface area contributed by atoms with E-state index in [-0.39, 0.29) is 12.4 Å². The molecule has 0 saturated carbocycles. The van der Waals surface area contributed by atoms with Gasteiger partial charge in [0.25, 0.3) is 0 Å². The summed E-state index contributed by atoms with van der Waals surface area (Å²) in [7, 11) is 1.62. The highest BCUT2D eigenvalue weighted by Crippen LogP contribution is 2.41. The van der Waals surface area contributed by atoms with Gasteiger partial charge in [0.2, 0.25) is 0 Å². The number of ether oxygens (including phenoxy) is 1. The highest BCUT2D eigenvalue weighted by molar-refractivity contribution is 5.85. The van der Waals surface area contributed by atoms with E-state index in [9.17, 15) is 0 Å². The molecule has 2 heterocycles. The lowest BCUT2D eigenvalue weighted by Crippen LogP contribution is -2.43. The minimum atomic E-state index is -1.24. The van der Waals surface area contributed by atoms with Crippen molar-refractivity contribution in [1.82, 2.24) is 10.2 Å². The highest BCUT2D eigenvalue weighted by Gasteiger charge is 2.38. The third-order valence-corrected chi connectivity index (χ3v) is 5.21. The molecule has 0 aliphatic carbocycles. The van der Waals surface area contributed by atoms with Crippen molar-refractivity contribution >= 4 is 12.4 Å². The second-order valence-corrected chi connectivity index (χ2v) is 6.66. The van der Waals surface area contributed by atoms with E-state index in [4.69, 9.17) is 4.74 Å². The molecule has 23 heavy (non-hydrogen) atoms. The molecule has 2 saturated heterocycles. The van der Waals surface area contributed by atoms with Crippen molar-refractivity contribution in [1.29, 1.82) is 0 Å². The summed E-state index contributed by atoms with van der Waals surface area (Å²) in [5.41, 5.74) is -0.518. The quantitative estimate of drug-likeness (QED) is 0.907. The summed E-state index contributed by atoms with van der Waals surface area (Å²) in [6.45, 7) is 5.08. The average molecular weight is 343 g/mol. The molecule has 1 aromatic carbocycles. The lowest BCUT2D eigenvalue weighted by molar-refractivity contribution is 0.0446. The third kappa shape index (κ3) is 4.37. The summed E-state index contributed by atoms with van der Waals surface area (Å²) in [5.74, 6) is 1.46. The van der Waals surface area contributed by atoms with Gasteiger partial charge in [-0.1, -0.05) is 18.2 Å². The first-order chi connectivity index (χ1) is 10.7. The Morgan fingerprint density at radius 3 is 2.52 bits per heavy atom. The summed E-state index contributed by atoms with van der Waals surface area (Å²) >= 11 is 0. The van der Waals surface area contributed by atoms with Gasteiger partial charge in [0, 0.05) is 25.2 Å². The van der Waals surface area contributed by atoms with Gasteiger partial charge in [-0.25, -0.2) is 4.39 Å². The largest absolute Gasteiger partial charge is 0.496 e. The van der Waals surface area contributed by atoms with E-state index in [0.29, 0.717) is 18.6 Å². The van der Waals surface area contributed by atoms with Crippen molar-refractivity contribution in [2.75, 3.05) is 39.8 Å². The zero-order chi connectivity index (χ0) is 15.4. The standard InChI is InChI=1S/C18H27FN2O.ClH/c1-22-17-5-3-2-4-16(17)18(19)8-12-21(13-9-18)14-15-6-10-20-11-7-15;/h2-5,15,20H,6-14H2,1H3;1H. The van der Waals surface area contributed by atoms with Gasteiger partial charge in [-0.05, 0) is 50.8 Å². The first-order valence-corrected chi connectivity index (χ1v) is 8.47. The number of methoxy groups -OCH3 is 1. The Morgan fingerprint density at radius 2 is 1.87 bits per heavy atom. The lowest BCUT2D eigenvalue weighted by atomic mass is 9.85. The first kappa shape index (κ1) is 18.5. The van der Waals surface area contributed by atoms with E-state index in [2.05, 4.69) is 10.2 Å². The minimum Gasteiger partial charge on any atom is -0.496 e. The average Bonchev–Trinajstić information content (AvgIpc) is 2.58. The van der Waals surface area contributed by atoms with Gasteiger partial charge in [0.15, 0.2) is 0 Å². The van der Waals surface area contributed by atoms with E-state index in [1.54, 1.807) is 7.11 Å².